The summed E-state index contributed by atoms with van der Waals surface area (Å²) in [6.07, 6.45) is 3.70. The molecule has 0 atom stereocenters. The SMILES string of the molecule is CC(C)CNC(=O)CCn1cc(Cl)cn1. The van der Waals surface area contributed by atoms with Crippen molar-refractivity contribution in [3.63, 3.8) is 0 Å². The number of halogens is 1. The second kappa shape index (κ2) is 5.75. The lowest BCUT2D eigenvalue weighted by Crippen LogP contribution is -2.28. The normalized spacial score (nSPS) is 10.7. The van der Waals surface area contributed by atoms with Crippen LogP contribution in [0, 0.1) is 5.92 Å². The number of rotatable bonds is 5. The Labute approximate surface area is 94.6 Å². The number of nitrogens with one attached hydrogen (secondary N) is 1. The summed E-state index contributed by atoms with van der Waals surface area (Å²) in [7, 11) is 0. The first kappa shape index (κ1) is 12.0. The van der Waals surface area contributed by atoms with Gasteiger partial charge >= 0.3 is 0 Å². The standard InChI is InChI=1S/C10H16ClN3O/c1-8(2)5-12-10(15)3-4-14-7-9(11)6-13-14/h6-8H,3-5H2,1-2H3,(H,12,15). The van der Waals surface area contributed by atoms with Gasteiger partial charge in [-0.1, -0.05) is 25.4 Å². The van der Waals surface area contributed by atoms with Crippen LogP contribution in [-0.2, 0) is 11.3 Å². The topological polar surface area (TPSA) is 46.9 Å². The molecule has 0 spiro atoms. The predicted octanol–water partition coefficient (Wildman–Crippen LogP) is 1.70. The minimum Gasteiger partial charge on any atom is -0.356 e. The zero-order chi connectivity index (χ0) is 11.3. The Morgan fingerprint density at radius 2 is 2.40 bits per heavy atom. The monoisotopic (exact) mass is 229 g/mol. The summed E-state index contributed by atoms with van der Waals surface area (Å²) in [5, 5.41) is 7.43. The van der Waals surface area contributed by atoms with Crippen molar-refractivity contribution >= 4 is 17.5 Å². The molecule has 0 aliphatic heterocycles. The molecule has 0 aliphatic carbocycles. The number of nitrogens with zero attached hydrogens (tertiary/aromatic N) is 2. The number of carbonyl (C=O) groups excluding carboxylic acids is 1. The summed E-state index contributed by atoms with van der Waals surface area (Å²) < 4.78 is 1.66. The molecule has 0 fully saturated rings. The molecule has 0 aliphatic rings. The van der Waals surface area contributed by atoms with Crippen LogP contribution in [0.2, 0.25) is 5.02 Å². The second-order valence-corrected chi connectivity index (χ2v) is 4.31. The van der Waals surface area contributed by atoms with Crippen molar-refractivity contribution in [1.82, 2.24) is 15.1 Å². The highest BCUT2D eigenvalue weighted by Gasteiger charge is 2.03. The van der Waals surface area contributed by atoms with E-state index < -0.39 is 0 Å². The van der Waals surface area contributed by atoms with E-state index >= 15 is 0 Å². The number of hydrogen-bond donors (Lipinski definition) is 1. The summed E-state index contributed by atoms with van der Waals surface area (Å²) in [4.78, 5) is 11.3. The van der Waals surface area contributed by atoms with Crippen LogP contribution in [0.1, 0.15) is 20.3 Å². The van der Waals surface area contributed by atoms with Gasteiger partial charge in [-0.15, -0.1) is 0 Å². The third kappa shape index (κ3) is 4.83. The smallest absolute Gasteiger partial charge is 0.221 e. The molecule has 1 rings (SSSR count). The highest BCUT2D eigenvalue weighted by molar-refractivity contribution is 6.30. The number of hydrogen-bond acceptors (Lipinski definition) is 2. The van der Waals surface area contributed by atoms with Crippen molar-refractivity contribution in [1.29, 1.82) is 0 Å². The molecular weight excluding hydrogens is 214 g/mol. The van der Waals surface area contributed by atoms with Crippen LogP contribution in [0.4, 0.5) is 0 Å². The van der Waals surface area contributed by atoms with E-state index in [1.165, 1.54) is 0 Å². The Morgan fingerprint density at radius 3 is 2.93 bits per heavy atom. The molecule has 1 N–H and O–H groups in total. The number of aryl methyl sites for hydroxylation is 1. The maximum Gasteiger partial charge on any atom is 0.221 e. The molecule has 0 radical (unpaired) electrons. The van der Waals surface area contributed by atoms with Crippen LogP contribution in [0.5, 0.6) is 0 Å². The lowest BCUT2D eigenvalue weighted by atomic mass is 10.2. The molecule has 84 valence electrons. The fraction of sp³-hybridized carbons (Fsp3) is 0.600. The average Bonchev–Trinajstić information content (AvgIpc) is 2.58. The first-order chi connectivity index (χ1) is 7.08. The summed E-state index contributed by atoms with van der Waals surface area (Å²) >= 11 is 5.69. The van der Waals surface area contributed by atoms with Gasteiger partial charge < -0.3 is 5.32 Å². The number of carbonyl (C=O) groups is 1. The van der Waals surface area contributed by atoms with Gasteiger partial charge in [-0.05, 0) is 5.92 Å². The summed E-state index contributed by atoms with van der Waals surface area (Å²) in [6.45, 7) is 5.41. The number of amides is 1. The molecule has 4 nitrogen and oxygen atoms in total. The maximum atomic E-state index is 11.3. The summed E-state index contributed by atoms with van der Waals surface area (Å²) in [6, 6.07) is 0. The van der Waals surface area contributed by atoms with Crippen LogP contribution in [-0.4, -0.2) is 22.2 Å². The van der Waals surface area contributed by atoms with Crippen LogP contribution in [0.3, 0.4) is 0 Å². The van der Waals surface area contributed by atoms with Crippen molar-refractivity contribution < 1.29 is 4.79 Å². The van der Waals surface area contributed by atoms with Crippen molar-refractivity contribution in [2.75, 3.05) is 6.54 Å². The van der Waals surface area contributed by atoms with Crippen molar-refractivity contribution in [3.05, 3.63) is 17.4 Å². The largest absolute Gasteiger partial charge is 0.356 e. The Balaban J connectivity index is 2.22. The molecule has 0 aromatic carbocycles. The van der Waals surface area contributed by atoms with E-state index in [0.29, 0.717) is 23.9 Å². The van der Waals surface area contributed by atoms with Gasteiger partial charge in [0, 0.05) is 25.7 Å². The zero-order valence-electron chi connectivity index (χ0n) is 9.03. The van der Waals surface area contributed by atoms with E-state index in [-0.39, 0.29) is 5.91 Å². The van der Waals surface area contributed by atoms with E-state index in [4.69, 9.17) is 11.6 Å². The van der Waals surface area contributed by atoms with Gasteiger partial charge in [0.05, 0.1) is 11.2 Å². The van der Waals surface area contributed by atoms with Gasteiger partial charge in [0.15, 0.2) is 0 Å². The fourth-order valence-corrected chi connectivity index (χ4v) is 1.24. The minimum absolute atomic E-state index is 0.0512. The van der Waals surface area contributed by atoms with Crippen molar-refractivity contribution in [3.8, 4) is 0 Å². The highest BCUT2D eigenvalue weighted by Crippen LogP contribution is 2.04. The van der Waals surface area contributed by atoms with Gasteiger partial charge in [0.25, 0.3) is 0 Å². The molecule has 0 bridgehead atoms. The van der Waals surface area contributed by atoms with Crippen LogP contribution in [0.15, 0.2) is 12.4 Å². The molecule has 1 aromatic heterocycles. The summed E-state index contributed by atoms with van der Waals surface area (Å²) in [5.74, 6) is 0.531. The van der Waals surface area contributed by atoms with E-state index in [0.717, 1.165) is 6.54 Å². The fourth-order valence-electron chi connectivity index (χ4n) is 1.08. The molecular formula is C10H16ClN3O. The Morgan fingerprint density at radius 1 is 1.67 bits per heavy atom. The molecule has 5 heteroatoms. The average molecular weight is 230 g/mol. The molecule has 0 saturated heterocycles. The second-order valence-electron chi connectivity index (χ2n) is 3.87. The Bertz CT molecular complexity index is 322. The van der Waals surface area contributed by atoms with E-state index in [1.807, 2.05) is 0 Å². The molecule has 1 heterocycles. The molecule has 0 saturated carbocycles. The lowest BCUT2D eigenvalue weighted by Gasteiger charge is -2.07. The third-order valence-electron chi connectivity index (χ3n) is 1.88. The van der Waals surface area contributed by atoms with Gasteiger partial charge in [0.2, 0.25) is 5.91 Å². The van der Waals surface area contributed by atoms with E-state index in [2.05, 4.69) is 24.3 Å². The van der Waals surface area contributed by atoms with Crippen LogP contribution in [0.25, 0.3) is 0 Å². The van der Waals surface area contributed by atoms with Crippen LogP contribution < -0.4 is 5.32 Å². The first-order valence-electron chi connectivity index (χ1n) is 5.02. The van der Waals surface area contributed by atoms with Crippen molar-refractivity contribution in [2.45, 2.75) is 26.8 Å². The molecule has 0 unspecified atom stereocenters. The quantitative estimate of drug-likeness (QED) is 0.836. The minimum atomic E-state index is 0.0512. The van der Waals surface area contributed by atoms with Gasteiger partial charge in [-0.3, -0.25) is 9.48 Å². The van der Waals surface area contributed by atoms with Gasteiger partial charge in [0.1, 0.15) is 0 Å². The Kier molecular flexibility index (Phi) is 4.62. The first-order valence-corrected chi connectivity index (χ1v) is 5.40. The zero-order valence-corrected chi connectivity index (χ0v) is 9.79. The maximum absolute atomic E-state index is 11.3. The molecule has 1 aromatic rings. The highest BCUT2D eigenvalue weighted by atomic mass is 35.5. The van der Waals surface area contributed by atoms with Crippen LogP contribution >= 0.6 is 11.6 Å². The summed E-state index contributed by atoms with van der Waals surface area (Å²) in [5.41, 5.74) is 0. The third-order valence-corrected chi connectivity index (χ3v) is 2.07. The van der Waals surface area contributed by atoms with Gasteiger partial charge in [-0.25, -0.2) is 0 Å². The molecule has 15 heavy (non-hydrogen) atoms. The van der Waals surface area contributed by atoms with E-state index in [1.54, 1.807) is 17.1 Å². The Hall–Kier alpha value is -1.03. The predicted molar refractivity (Wildman–Crippen MR) is 59.7 cm³/mol. The lowest BCUT2D eigenvalue weighted by molar-refractivity contribution is -0.121. The van der Waals surface area contributed by atoms with E-state index in [9.17, 15) is 4.79 Å². The van der Waals surface area contributed by atoms with Gasteiger partial charge in [-0.2, -0.15) is 5.10 Å². The number of aromatic nitrogens is 2. The molecule has 1 amide bonds. The van der Waals surface area contributed by atoms with Crippen molar-refractivity contribution in [2.24, 2.45) is 5.92 Å².